The largest absolute Gasteiger partial charge is 0.309 e. The highest BCUT2D eigenvalue weighted by atomic mass is 32.1. The lowest BCUT2D eigenvalue weighted by molar-refractivity contribution is 1.07. The first-order chi connectivity index (χ1) is 25.8. The van der Waals surface area contributed by atoms with Crippen LogP contribution in [0, 0.1) is 0 Å². The Kier molecular flexibility index (Phi) is 6.39. The van der Waals surface area contributed by atoms with Crippen LogP contribution in [0.25, 0.3) is 103 Å². The Morgan fingerprint density at radius 3 is 1.73 bits per heavy atom. The Morgan fingerprint density at radius 1 is 0.423 bits per heavy atom. The average molecular weight is 681 g/mol. The predicted octanol–water partition coefficient (Wildman–Crippen LogP) is 12.6. The lowest BCUT2D eigenvalue weighted by atomic mass is 10.0. The van der Waals surface area contributed by atoms with Gasteiger partial charge in [0.2, 0.25) is 0 Å². The Balaban J connectivity index is 1.29. The molecule has 3 aromatic heterocycles. The van der Waals surface area contributed by atoms with Crippen LogP contribution in [0.3, 0.4) is 0 Å². The Bertz CT molecular complexity index is 3120. The van der Waals surface area contributed by atoms with Gasteiger partial charge in [-0.3, -0.25) is 0 Å². The zero-order chi connectivity index (χ0) is 34.2. The molecule has 11 rings (SSSR count). The highest BCUT2D eigenvalue weighted by Crippen LogP contribution is 2.45. The second kappa shape index (κ2) is 11.4. The fraction of sp³-hybridized carbons (Fsp3) is 0. The van der Waals surface area contributed by atoms with Crippen LogP contribution < -0.4 is 0 Å². The third-order valence-corrected chi connectivity index (χ3v) is 11.4. The molecule has 0 aliphatic rings. The molecule has 8 aromatic carbocycles. The van der Waals surface area contributed by atoms with Crippen LogP contribution in [0.1, 0.15) is 0 Å². The lowest BCUT2D eigenvalue weighted by Crippen LogP contribution is -2.01. The van der Waals surface area contributed by atoms with E-state index in [9.17, 15) is 0 Å². The van der Waals surface area contributed by atoms with E-state index in [1.165, 1.54) is 58.8 Å². The van der Waals surface area contributed by atoms with Crippen LogP contribution in [0.5, 0.6) is 0 Å². The highest BCUT2D eigenvalue weighted by molar-refractivity contribution is 7.26. The van der Waals surface area contributed by atoms with E-state index in [4.69, 9.17) is 15.0 Å². The Morgan fingerprint density at radius 2 is 1.00 bits per heavy atom. The maximum atomic E-state index is 5.23. The number of hydrogen-bond acceptors (Lipinski definition) is 4. The van der Waals surface area contributed by atoms with E-state index in [-0.39, 0.29) is 0 Å². The predicted molar refractivity (Wildman–Crippen MR) is 218 cm³/mol. The van der Waals surface area contributed by atoms with Crippen molar-refractivity contribution in [2.24, 2.45) is 0 Å². The molecule has 0 N–H and O–H groups in total. The van der Waals surface area contributed by atoms with Crippen molar-refractivity contribution in [1.82, 2.24) is 19.5 Å². The summed E-state index contributed by atoms with van der Waals surface area (Å²) in [4.78, 5) is 15.5. The van der Waals surface area contributed by atoms with Gasteiger partial charge in [-0.15, -0.1) is 11.3 Å². The molecule has 52 heavy (non-hydrogen) atoms. The van der Waals surface area contributed by atoms with E-state index in [2.05, 4.69) is 138 Å². The molecular formula is C47H28N4S. The molecule has 5 heteroatoms. The summed E-state index contributed by atoms with van der Waals surface area (Å²) in [6.07, 6.45) is 0. The van der Waals surface area contributed by atoms with E-state index in [1.54, 1.807) is 11.3 Å². The summed E-state index contributed by atoms with van der Waals surface area (Å²) in [6.45, 7) is 0. The monoisotopic (exact) mass is 680 g/mol. The van der Waals surface area contributed by atoms with Crippen LogP contribution in [-0.4, -0.2) is 19.5 Å². The van der Waals surface area contributed by atoms with E-state index in [0.717, 1.165) is 27.1 Å². The number of fused-ring (bicyclic) bond motifs is 10. The molecule has 3 heterocycles. The van der Waals surface area contributed by atoms with Gasteiger partial charge in [0.1, 0.15) is 0 Å². The van der Waals surface area contributed by atoms with Gasteiger partial charge < -0.3 is 4.57 Å². The van der Waals surface area contributed by atoms with Gasteiger partial charge in [0, 0.05) is 58.7 Å². The van der Waals surface area contributed by atoms with Crippen LogP contribution in [-0.2, 0) is 0 Å². The molecular weight excluding hydrogens is 653 g/mol. The molecule has 0 atom stereocenters. The molecule has 0 fully saturated rings. The van der Waals surface area contributed by atoms with Crippen molar-refractivity contribution in [3.05, 3.63) is 170 Å². The van der Waals surface area contributed by atoms with Gasteiger partial charge in [-0.1, -0.05) is 146 Å². The van der Waals surface area contributed by atoms with Gasteiger partial charge in [0.15, 0.2) is 17.5 Å². The fourth-order valence-corrected chi connectivity index (χ4v) is 9.05. The number of nitrogens with zero attached hydrogens (tertiary/aromatic N) is 4. The summed E-state index contributed by atoms with van der Waals surface area (Å²) < 4.78 is 4.85. The minimum absolute atomic E-state index is 0.651. The summed E-state index contributed by atoms with van der Waals surface area (Å²) in [7, 11) is 0. The summed E-state index contributed by atoms with van der Waals surface area (Å²) in [5.74, 6) is 1.96. The van der Waals surface area contributed by atoms with Gasteiger partial charge in [-0.25, -0.2) is 15.0 Å². The molecule has 0 saturated heterocycles. The molecule has 0 spiro atoms. The van der Waals surface area contributed by atoms with Crippen molar-refractivity contribution >= 4 is 74.9 Å². The van der Waals surface area contributed by atoms with E-state index in [0.29, 0.717) is 17.5 Å². The molecule has 0 saturated carbocycles. The summed E-state index contributed by atoms with van der Waals surface area (Å²) in [5, 5.41) is 9.81. The SMILES string of the molecule is c1ccc(-c2nc(-c3ccccc3)nc(-c3cc(-n4c5ccc6ccccc6c5c5ccc6ccccc6c54)cc4c3sc3ccccc34)n2)cc1. The van der Waals surface area contributed by atoms with E-state index < -0.39 is 0 Å². The van der Waals surface area contributed by atoms with Crippen molar-refractivity contribution in [2.45, 2.75) is 0 Å². The van der Waals surface area contributed by atoms with Crippen LogP contribution in [0.15, 0.2) is 170 Å². The maximum Gasteiger partial charge on any atom is 0.165 e. The van der Waals surface area contributed by atoms with Gasteiger partial charge in [0.25, 0.3) is 0 Å². The summed E-state index contributed by atoms with van der Waals surface area (Å²) in [6, 6.07) is 60.3. The van der Waals surface area contributed by atoms with Crippen LogP contribution in [0.4, 0.5) is 0 Å². The quantitative estimate of drug-likeness (QED) is 0.186. The second-order valence-electron chi connectivity index (χ2n) is 13.2. The molecule has 0 bridgehead atoms. The molecule has 242 valence electrons. The molecule has 0 radical (unpaired) electrons. The van der Waals surface area contributed by atoms with Crippen LogP contribution in [0.2, 0.25) is 0 Å². The summed E-state index contributed by atoms with van der Waals surface area (Å²) in [5.41, 5.74) is 6.32. The van der Waals surface area contributed by atoms with Crippen LogP contribution >= 0.6 is 11.3 Å². The maximum absolute atomic E-state index is 5.23. The van der Waals surface area contributed by atoms with Crippen molar-refractivity contribution in [3.63, 3.8) is 0 Å². The molecule has 0 unspecified atom stereocenters. The first kappa shape index (κ1) is 29.1. The number of aromatic nitrogens is 4. The Hall–Kier alpha value is -6.69. The molecule has 0 aliphatic heterocycles. The minimum atomic E-state index is 0.651. The van der Waals surface area contributed by atoms with Crippen molar-refractivity contribution in [2.75, 3.05) is 0 Å². The number of hydrogen-bond donors (Lipinski definition) is 0. The first-order valence-corrected chi connectivity index (χ1v) is 18.3. The molecule has 0 amide bonds. The normalized spacial score (nSPS) is 11.8. The van der Waals surface area contributed by atoms with Gasteiger partial charge in [-0.05, 0) is 40.4 Å². The number of rotatable bonds is 4. The second-order valence-corrected chi connectivity index (χ2v) is 14.3. The van der Waals surface area contributed by atoms with E-state index >= 15 is 0 Å². The summed E-state index contributed by atoms with van der Waals surface area (Å²) >= 11 is 1.79. The van der Waals surface area contributed by atoms with Crippen molar-refractivity contribution in [1.29, 1.82) is 0 Å². The standard InChI is InChI=1S/C47H28N4S/c1-3-15-31(16-4-1)45-48-46(32-17-5-2-6-18-32)50-47(49-45)39-28-33(27-38-36-21-11-12-22-41(36)52-44(38)39)51-40-26-24-29-13-7-9-19-34(29)42(40)37-25-23-30-14-8-10-20-35(30)43(37)51/h1-28H. The molecule has 4 nitrogen and oxygen atoms in total. The van der Waals surface area contributed by atoms with Gasteiger partial charge >= 0.3 is 0 Å². The van der Waals surface area contributed by atoms with Gasteiger partial charge in [0.05, 0.1) is 11.0 Å². The fourth-order valence-electron chi connectivity index (χ4n) is 7.85. The number of benzene rings is 8. The molecule has 11 aromatic rings. The number of thiophene rings is 1. The van der Waals surface area contributed by atoms with Gasteiger partial charge in [-0.2, -0.15) is 0 Å². The first-order valence-electron chi connectivity index (χ1n) is 17.5. The topological polar surface area (TPSA) is 43.6 Å². The van der Waals surface area contributed by atoms with E-state index in [1.807, 2.05) is 36.4 Å². The Labute approximate surface area is 302 Å². The zero-order valence-electron chi connectivity index (χ0n) is 27.9. The van der Waals surface area contributed by atoms with Crippen molar-refractivity contribution < 1.29 is 0 Å². The lowest BCUT2D eigenvalue weighted by Gasteiger charge is -2.14. The minimum Gasteiger partial charge on any atom is -0.309 e. The van der Waals surface area contributed by atoms with Crippen molar-refractivity contribution in [3.8, 4) is 39.9 Å². The zero-order valence-corrected chi connectivity index (χ0v) is 28.7. The average Bonchev–Trinajstić information content (AvgIpc) is 3.77. The highest BCUT2D eigenvalue weighted by Gasteiger charge is 2.22. The smallest absolute Gasteiger partial charge is 0.165 e. The molecule has 0 aliphatic carbocycles. The third kappa shape index (κ3) is 4.43. The third-order valence-electron chi connectivity index (χ3n) is 10.2.